The minimum Gasteiger partial charge on any atom is -0.356 e. The average molecular weight is 364 g/mol. The summed E-state index contributed by atoms with van der Waals surface area (Å²) in [6.07, 6.45) is 0.995. The van der Waals surface area contributed by atoms with Crippen LogP contribution >= 0.6 is 11.3 Å². The van der Waals surface area contributed by atoms with Crippen LogP contribution in [-0.2, 0) is 23.0 Å². The number of benzene rings is 1. The largest absolute Gasteiger partial charge is 0.356 e. The number of thiophene rings is 1. The van der Waals surface area contributed by atoms with Crippen LogP contribution in [0.5, 0.6) is 0 Å². The summed E-state index contributed by atoms with van der Waals surface area (Å²) in [6.45, 7) is 4.10. The molecule has 1 aromatic heterocycles. The van der Waals surface area contributed by atoms with Gasteiger partial charge in [-0.1, -0.05) is 18.2 Å². The standard InChI is InChI=1S/C16H20N4O2S2/c1-2-18-16(20-10-9-12-5-3-4-6-14(12)20)19-11-13-7-8-15(23-13)24(17,21)22/h3-8H,2,9-11H2,1H3,(H,18,19)(H2,17,21,22). The number of hydrogen-bond acceptors (Lipinski definition) is 4. The minimum absolute atomic E-state index is 0.171. The highest BCUT2D eigenvalue weighted by Gasteiger charge is 2.22. The number of guanidine groups is 1. The Hall–Kier alpha value is -1.90. The van der Waals surface area contributed by atoms with Gasteiger partial charge in [0.25, 0.3) is 0 Å². The molecular weight excluding hydrogens is 344 g/mol. The number of rotatable bonds is 4. The number of anilines is 1. The number of aliphatic imine (C=N–C) groups is 1. The maximum atomic E-state index is 11.4. The van der Waals surface area contributed by atoms with Gasteiger partial charge in [0, 0.05) is 23.7 Å². The number of fused-ring (bicyclic) bond motifs is 1. The number of primary sulfonamides is 1. The predicted octanol–water partition coefficient (Wildman–Crippen LogP) is 1.92. The van der Waals surface area contributed by atoms with Crippen molar-refractivity contribution in [3.63, 3.8) is 0 Å². The highest BCUT2D eigenvalue weighted by atomic mass is 32.2. The van der Waals surface area contributed by atoms with E-state index in [1.165, 1.54) is 17.3 Å². The third-order valence-electron chi connectivity index (χ3n) is 3.78. The normalized spacial score (nSPS) is 14.8. The van der Waals surface area contributed by atoms with E-state index < -0.39 is 10.0 Å². The topological polar surface area (TPSA) is 87.8 Å². The fourth-order valence-corrected chi connectivity index (χ4v) is 4.41. The van der Waals surface area contributed by atoms with Crippen LogP contribution in [0.15, 0.2) is 45.6 Å². The molecule has 0 amide bonds. The molecule has 2 aromatic rings. The summed E-state index contributed by atoms with van der Waals surface area (Å²) in [6, 6.07) is 11.6. The zero-order valence-electron chi connectivity index (χ0n) is 13.4. The Morgan fingerprint density at radius 2 is 2.12 bits per heavy atom. The van der Waals surface area contributed by atoms with Crippen LogP contribution in [0, 0.1) is 0 Å². The molecule has 0 bridgehead atoms. The molecule has 0 unspecified atom stereocenters. The lowest BCUT2D eigenvalue weighted by Crippen LogP contribution is -2.40. The van der Waals surface area contributed by atoms with Crippen molar-refractivity contribution >= 4 is 33.0 Å². The fraction of sp³-hybridized carbons (Fsp3) is 0.312. The molecule has 128 valence electrons. The molecule has 0 aliphatic carbocycles. The number of nitrogens with zero attached hydrogens (tertiary/aromatic N) is 2. The number of sulfonamides is 1. The van der Waals surface area contributed by atoms with Crippen molar-refractivity contribution < 1.29 is 8.42 Å². The molecule has 24 heavy (non-hydrogen) atoms. The van der Waals surface area contributed by atoms with E-state index in [1.54, 1.807) is 6.07 Å². The van der Waals surface area contributed by atoms with E-state index in [4.69, 9.17) is 5.14 Å². The van der Waals surface area contributed by atoms with Crippen LogP contribution in [0.1, 0.15) is 17.4 Å². The van der Waals surface area contributed by atoms with Gasteiger partial charge in [-0.2, -0.15) is 0 Å². The van der Waals surface area contributed by atoms with E-state index in [0.29, 0.717) is 6.54 Å². The molecule has 2 heterocycles. The molecule has 1 aliphatic rings. The van der Waals surface area contributed by atoms with Gasteiger partial charge in [0.15, 0.2) is 5.96 Å². The smallest absolute Gasteiger partial charge is 0.247 e. The molecule has 0 radical (unpaired) electrons. The zero-order chi connectivity index (χ0) is 17.2. The summed E-state index contributed by atoms with van der Waals surface area (Å²) in [4.78, 5) is 7.70. The first-order valence-electron chi connectivity index (χ1n) is 7.74. The van der Waals surface area contributed by atoms with Gasteiger partial charge in [0.2, 0.25) is 10.0 Å². The molecule has 1 aromatic carbocycles. The maximum absolute atomic E-state index is 11.4. The van der Waals surface area contributed by atoms with E-state index in [2.05, 4.69) is 27.3 Å². The molecule has 1 aliphatic heterocycles. The average Bonchev–Trinajstić information content (AvgIpc) is 3.18. The van der Waals surface area contributed by atoms with Crippen molar-refractivity contribution in [2.45, 2.75) is 24.1 Å². The fourth-order valence-electron chi connectivity index (χ4n) is 2.70. The van der Waals surface area contributed by atoms with E-state index in [-0.39, 0.29) is 4.21 Å². The highest BCUT2D eigenvalue weighted by molar-refractivity contribution is 7.91. The quantitative estimate of drug-likeness (QED) is 0.641. The van der Waals surface area contributed by atoms with Crippen molar-refractivity contribution in [1.29, 1.82) is 0 Å². The Morgan fingerprint density at radius 1 is 1.33 bits per heavy atom. The Balaban J connectivity index is 1.81. The number of hydrogen-bond donors (Lipinski definition) is 2. The lowest BCUT2D eigenvalue weighted by molar-refractivity contribution is 0.600. The lowest BCUT2D eigenvalue weighted by atomic mass is 10.2. The van der Waals surface area contributed by atoms with Crippen LogP contribution in [0.2, 0.25) is 0 Å². The van der Waals surface area contributed by atoms with E-state index >= 15 is 0 Å². The molecule has 0 spiro atoms. The molecule has 0 saturated carbocycles. The number of nitrogens with two attached hydrogens (primary N) is 1. The van der Waals surface area contributed by atoms with Crippen molar-refractivity contribution in [1.82, 2.24) is 5.32 Å². The molecule has 0 fully saturated rings. The third kappa shape index (κ3) is 3.61. The molecule has 3 N–H and O–H groups in total. The van der Waals surface area contributed by atoms with Gasteiger partial charge in [0.05, 0.1) is 6.54 Å². The van der Waals surface area contributed by atoms with Crippen LogP contribution in [0.3, 0.4) is 0 Å². The second-order valence-corrected chi connectivity index (χ2v) is 8.42. The van der Waals surface area contributed by atoms with Crippen molar-refractivity contribution in [2.24, 2.45) is 10.1 Å². The van der Waals surface area contributed by atoms with Crippen molar-refractivity contribution in [3.8, 4) is 0 Å². The van der Waals surface area contributed by atoms with Gasteiger partial charge in [-0.3, -0.25) is 0 Å². The van der Waals surface area contributed by atoms with Gasteiger partial charge in [-0.25, -0.2) is 18.5 Å². The molecule has 6 nitrogen and oxygen atoms in total. The summed E-state index contributed by atoms with van der Waals surface area (Å²) in [5.41, 5.74) is 2.49. The first-order valence-corrected chi connectivity index (χ1v) is 10.1. The van der Waals surface area contributed by atoms with Crippen LogP contribution in [0.4, 0.5) is 5.69 Å². The minimum atomic E-state index is -3.64. The Labute approximate surface area is 146 Å². The van der Waals surface area contributed by atoms with E-state index in [0.717, 1.165) is 41.7 Å². The highest BCUT2D eigenvalue weighted by Crippen LogP contribution is 2.27. The maximum Gasteiger partial charge on any atom is 0.247 e. The second-order valence-electron chi connectivity index (χ2n) is 5.47. The molecule has 8 heteroatoms. The monoisotopic (exact) mass is 364 g/mol. The summed E-state index contributed by atoms with van der Waals surface area (Å²) in [5, 5.41) is 8.46. The molecular formula is C16H20N4O2S2. The SMILES string of the molecule is CCNC(=NCc1ccc(S(N)(=O)=O)s1)N1CCc2ccccc21. The van der Waals surface area contributed by atoms with Crippen LogP contribution in [-0.4, -0.2) is 27.5 Å². The molecule has 3 rings (SSSR count). The lowest BCUT2D eigenvalue weighted by Gasteiger charge is -2.22. The van der Waals surface area contributed by atoms with Gasteiger partial charge in [-0.15, -0.1) is 11.3 Å². The zero-order valence-corrected chi connectivity index (χ0v) is 15.0. The van der Waals surface area contributed by atoms with Crippen LogP contribution in [0.25, 0.3) is 0 Å². The first-order chi connectivity index (χ1) is 11.5. The van der Waals surface area contributed by atoms with Crippen molar-refractivity contribution in [2.75, 3.05) is 18.0 Å². The van der Waals surface area contributed by atoms with Gasteiger partial charge >= 0.3 is 0 Å². The second kappa shape index (κ2) is 6.92. The Bertz CT molecular complexity index is 858. The van der Waals surface area contributed by atoms with E-state index in [1.807, 2.05) is 19.1 Å². The van der Waals surface area contributed by atoms with Crippen molar-refractivity contribution in [3.05, 3.63) is 46.8 Å². The summed E-state index contributed by atoms with van der Waals surface area (Å²) in [5.74, 6) is 0.813. The number of nitrogens with one attached hydrogen (secondary N) is 1. The molecule has 0 atom stereocenters. The summed E-state index contributed by atoms with van der Waals surface area (Å²) < 4.78 is 22.9. The van der Waals surface area contributed by atoms with Gasteiger partial charge in [0.1, 0.15) is 4.21 Å². The Morgan fingerprint density at radius 3 is 2.83 bits per heavy atom. The predicted molar refractivity (Wildman–Crippen MR) is 98.0 cm³/mol. The van der Waals surface area contributed by atoms with Gasteiger partial charge in [-0.05, 0) is 37.1 Å². The number of para-hydroxylation sites is 1. The third-order valence-corrected chi connectivity index (χ3v) is 6.29. The first kappa shape index (κ1) is 16.9. The Kier molecular flexibility index (Phi) is 4.88. The van der Waals surface area contributed by atoms with Gasteiger partial charge < -0.3 is 10.2 Å². The summed E-state index contributed by atoms with van der Waals surface area (Å²) in [7, 11) is -3.64. The molecule has 0 saturated heterocycles. The van der Waals surface area contributed by atoms with E-state index in [9.17, 15) is 8.42 Å². The van der Waals surface area contributed by atoms with Crippen LogP contribution < -0.4 is 15.4 Å². The summed E-state index contributed by atoms with van der Waals surface area (Å²) >= 11 is 1.16.